The number of aromatic nitrogens is 2. The van der Waals surface area contributed by atoms with Crippen LogP contribution >= 0.6 is 0 Å². The Kier molecular flexibility index (Phi) is 5.57. The number of aliphatic hydroxyl groups excluding tert-OH is 1. The molecule has 1 aromatic heterocycles. The zero-order valence-corrected chi connectivity index (χ0v) is 12.3. The number of nitrogens with zero attached hydrogens (tertiary/aromatic N) is 2. The monoisotopic (exact) mass is 292 g/mol. The lowest BCUT2D eigenvalue weighted by atomic mass is 10.1. The Bertz CT molecular complexity index is 537. The third-order valence-electron chi connectivity index (χ3n) is 2.65. The molecule has 21 heavy (non-hydrogen) atoms. The molecular weight excluding hydrogens is 272 g/mol. The van der Waals surface area contributed by atoms with Crippen LogP contribution in [0.15, 0.2) is 28.8 Å². The van der Waals surface area contributed by atoms with E-state index in [0.29, 0.717) is 29.1 Å². The molecule has 0 aliphatic rings. The summed E-state index contributed by atoms with van der Waals surface area (Å²) in [6, 6.07) is 7.14. The second-order valence-corrected chi connectivity index (χ2v) is 5.03. The third-order valence-corrected chi connectivity index (χ3v) is 2.65. The van der Waals surface area contributed by atoms with Gasteiger partial charge >= 0.3 is 0 Å². The Morgan fingerprint density at radius 2 is 1.81 bits per heavy atom. The van der Waals surface area contributed by atoms with Crippen molar-refractivity contribution in [2.75, 3.05) is 13.2 Å². The summed E-state index contributed by atoms with van der Waals surface area (Å²) >= 11 is 0. The van der Waals surface area contributed by atoms with Crippen molar-refractivity contribution in [2.45, 2.75) is 26.9 Å². The van der Waals surface area contributed by atoms with Gasteiger partial charge in [-0.25, -0.2) is 0 Å². The highest BCUT2D eigenvalue weighted by Crippen LogP contribution is 2.18. The summed E-state index contributed by atoms with van der Waals surface area (Å²) < 4.78 is 16.0. The quantitative estimate of drug-likeness (QED) is 0.804. The summed E-state index contributed by atoms with van der Waals surface area (Å²) in [7, 11) is 0. The lowest BCUT2D eigenvalue weighted by molar-refractivity contribution is 0.201. The highest BCUT2D eigenvalue weighted by atomic mass is 16.5. The first kappa shape index (κ1) is 15.3. The largest absolute Gasteiger partial charge is 0.491 e. The van der Waals surface area contributed by atoms with Crippen LogP contribution in [-0.4, -0.2) is 28.5 Å². The zero-order chi connectivity index (χ0) is 15.1. The van der Waals surface area contributed by atoms with E-state index in [0.717, 1.165) is 6.42 Å². The van der Waals surface area contributed by atoms with Gasteiger partial charge in [0.15, 0.2) is 12.4 Å². The minimum Gasteiger partial charge on any atom is -0.491 e. The second kappa shape index (κ2) is 7.64. The highest BCUT2D eigenvalue weighted by molar-refractivity contribution is 5.31. The average molecular weight is 292 g/mol. The summed E-state index contributed by atoms with van der Waals surface area (Å²) in [5.41, 5.74) is 0. The van der Waals surface area contributed by atoms with Crippen LogP contribution in [0.4, 0.5) is 0 Å². The van der Waals surface area contributed by atoms with Gasteiger partial charge in [0, 0.05) is 6.42 Å². The Morgan fingerprint density at radius 1 is 1.14 bits per heavy atom. The zero-order valence-electron chi connectivity index (χ0n) is 12.3. The minimum atomic E-state index is -0.00583. The number of benzene rings is 1. The summed E-state index contributed by atoms with van der Waals surface area (Å²) in [4.78, 5) is 4.27. The molecule has 0 spiro atoms. The first-order valence-electron chi connectivity index (χ1n) is 6.95. The third kappa shape index (κ3) is 5.07. The van der Waals surface area contributed by atoms with Gasteiger partial charge in [0.1, 0.15) is 18.1 Å². The van der Waals surface area contributed by atoms with Crippen molar-refractivity contribution < 1.29 is 19.1 Å². The van der Waals surface area contributed by atoms with E-state index in [1.165, 1.54) is 0 Å². The van der Waals surface area contributed by atoms with Crippen molar-refractivity contribution in [3.05, 3.63) is 36.0 Å². The van der Waals surface area contributed by atoms with Crippen molar-refractivity contribution >= 4 is 0 Å². The van der Waals surface area contributed by atoms with Crippen molar-refractivity contribution in [1.82, 2.24) is 10.1 Å². The molecule has 0 aliphatic heterocycles. The molecule has 0 saturated carbocycles. The van der Waals surface area contributed by atoms with Crippen LogP contribution in [-0.2, 0) is 13.0 Å². The van der Waals surface area contributed by atoms with Gasteiger partial charge < -0.3 is 19.1 Å². The number of rotatable bonds is 8. The number of hydrogen-bond donors (Lipinski definition) is 1. The summed E-state index contributed by atoms with van der Waals surface area (Å²) in [6.07, 6.45) is 0.792. The molecule has 0 fully saturated rings. The van der Waals surface area contributed by atoms with Gasteiger partial charge in [-0.3, -0.25) is 0 Å². The summed E-state index contributed by atoms with van der Waals surface area (Å²) in [5, 5.41) is 12.6. The van der Waals surface area contributed by atoms with Gasteiger partial charge in [-0.1, -0.05) is 19.0 Å². The SMILES string of the molecule is CC(C)Cc1noc(COc2ccc(OCCO)cc2)n1. The van der Waals surface area contributed by atoms with Crippen LogP contribution in [0.2, 0.25) is 0 Å². The van der Waals surface area contributed by atoms with E-state index in [2.05, 4.69) is 24.0 Å². The lowest BCUT2D eigenvalue weighted by Gasteiger charge is -2.06. The van der Waals surface area contributed by atoms with Crippen LogP contribution in [0.25, 0.3) is 0 Å². The maximum atomic E-state index is 8.68. The lowest BCUT2D eigenvalue weighted by Crippen LogP contribution is -2.01. The molecule has 6 heteroatoms. The van der Waals surface area contributed by atoms with Crippen LogP contribution in [0.1, 0.15) is 25.6 Å². The molecule has 6 nitrogen and oxygen atoms in total. The van der Waals surface area contributed by atoms with E-state index >= 15 is 0 Å². The number of hydrogen-bond acceptors (Lipinski definition) is 6. The summed E-state index contributed by atoms with van der Waals surface area (Å²) in [5.74, 6) is 3.04. The van der Waals surface area contributed by atoms with Crippen molar-refractivity contribution in [1.29, 1.82) is 0 Å². The molecule has 0 radical (unpaired) electrons. The smallest absolute Gasteiger partial charge is 0.264 e. The molecule has 0 amide bonds. The van der Waals surface area contributed by atoms with Gasteiger partial charge in [0.25, 0.3) is 5.89 Å². The van der Waals surface area contributed by atoms with Gasteiger partial charge in [0.05, 0.1) is 6.61 Å². The molecule has 1 heterocycles. The predicted molar refractivity (Wildman–Crippen MR) is 76.2 cm³/mol. The Hall–Kier alpha value is -2.08. The molecule has 0 unspecified atom stereocenters. The standard InChI is InChI=1S/C15H20N2O4/c1-11(2)9-14-16-15(21-17-14)10-20-13-5-3-12(4-6-13)19-8-7-18/h3-6,11,18H,7-10H2,1-2H3. The van der Waals surface area contributed by atoms with Crippen LogP contribution < -0.4 is 9.47 Å². The molecular formula is C15H20N2O4. The first-order chi connectivity index (χ1) is 10.2. The normalized spacial score (nSPS) is 10.9. The summed E-state index contributed by atoms with van der Waals surface area (Å²) in [6.45, 7) is 4.72. The van der Waals surface area contributed by atoms with Crippen LogP contribution in [0.5, 0.6) is 11.5 Å². The molecule has 1 aromatic carbocycles. The second-order valence-electron chi connectivity index (χ2n) is 5.03. The fourth-order valence-electron chi connectivity index (χ4n) is 1.74. The number of aliphatic hydroxyl groups is 1. The molecule has 0 bridgehead atoms. The Labute approximate surface area is 123 Å². The van der Waals surface area contributed by atoms with Gasteiger partial charge in [-0.15, -0.1) is 0 Å². The maximum absolute atomic E-state index is 8.68. The van der Waals surface area contributed by atoms with E-state index in [1.54, 1.807) is 24.3 Å². The predicted octanol–water partition coefficient (Wildman–Crippen LogP) is 2.22. The Balaban J connectivity index is 1.83. The van der Waals surface area contributed by atoms with Crippen LogP contribution in [0, 0.1) is 5.92 Å². The molecule has 0 saturated heterocycles. The van der Waals surface area contributed by atoms with E-state index in [4.69, 9.17) is 19.1 Å². The Morgan fingerprint density at radius 3 is 2.43 bits per heavy atom. The topological polar surface area (TPSA) is 77.6 Å². The van der Waals surface area contributed by atoms with E-state index in [9.17, 15) is 0 Å². The van der Waals surface area contributed by atoms with E-state index in [-0.39, 0.29) is 19.8 Å². The molecule has 114 valence electrons. The fourth-order valence-corrected chi connectivity index (χ4v) is 1.74. The van der Waals surface area contributed by atoms with E-state index < -0.39 is 0 Å². The van der Waals surface area contributed by atoms with Gasteiger partial charge in [0.2, 0.25) is 0 Å². The maximum Gasteiger partial charge on any atom is 0.264 e. The van der Waals surface area contributed by atoms with E-state index in [1.807, 2.05) is 0 Å². The first-order valence-corrected chi connectivity index (χ1v) is 6.95. The van der Waals surface area contributed by atoms with Crippen molar-refractivity contribution in [3.8, 4) is 11.5 Å². The van der Waals surface area contributed by atoms with Gasteiger partial charge in [-0.05, 0) is 30.2 Å². The highest BCUT2D eigenvalue weighted by Gasteiger charge is 2.08. The minimum absolute atomic E-state index is 0.00583. The van der Waals surface area contributed by atoms with Gasteiger partial charge in [-0.2, -0.15) is 4.98 Å². The molecule has 2 rings (SSSR count). The fraction of sp³-hybridized carbons (Fsp3) is 0.467. The van der Waals surface area contributed by atoms with Crippen molar-refractivity contribution in [2.24, 2.45) is 5.92 Å². The average Bonchev–Trinajstić information content (AvgIpc) is 2.91. The molecule has 2 aromatic rings. The molecule has 0 aliphatic carbocycles. The molecule has 1 N–H and O–H groups in total. The molecule has 0 atom stereocenters. The van der Waals surface area contributed by atoms with Crippen molar-refractivity contribution in [3.63, 3.8) is 0 Å². The number of ether oxygens (including phenoxy) is 2. The van der Waals surface area contributed by atoms with Crippen LogP contribution in [0.3, 0.4) is 0 Å².